The maximum atomic E-state index is 10.7. The molecule has 0 aromatic carbocycles. The number of nitrogens with two attached hydrogens (primary N) is 1. The molecule has 2 fully saturated rings. The van der Waals surface area contributed by atoms with E-state index in [1.54, 1.807) is 0 Å². The molecule has 0 amide bonds. The molecule has 0 radical (unpaired) electrons. The molecule has 0 aromatic heterocycles. The number of aliphatic carboxylic acids is 1. The fourth-order valence-corrected chi connectivity index (χ4v) is 2.66. The SMILES string of the molecule is NC[C@@H]1[C@H]2CC[C@H]2[C@@H]1C(=O)O. The second-order valence-corrected chi connectivity index (χ2v) is 3.67. The highest BCUT2D eigenvalue weighted by atomic mass is 16.4. The molecule has 0 unspecified atom stereocenters. The molecule has 2 aliphatic carbocycles. The van der Waals surface area contributed by atoms with Crippen molar-refractivity contribution < 1.29 is 9.90 Å². The summed E-state index contributed by atoms with van der Waals surface area (Å²) in [6.45, 7) is 0.554. The van der Waals surface area contributed by atoms with E-state index in [1.165, 1.54) is 6.42 Å². The summed E-state index contributed by atoms with van der Waals surface area (Å²) in [4.78, 5) is 10.7. The number of carboxylic acids is 1. The lowest BCUT2D eigenvalue weighted by Gasteiger charge is -2.57. The third kappa shape index (κ3) is 0.745. The quantitative estimate of drug-likeness (QED) is 0.603. The Hall–Kier alpha value is -0.570. The van der Waals surface area contributed by atoms with Gasteiger partial charge in [-0.25, -0.2) is 0 Å². The first kappa shape index (κ1) is 7.10. The third-order valence-corrected chi connectivity index (χ3v) is 3.41. The Kier molecular flexibility index (Phi) is 1.42. The Morgan fingerprint density at radius 2 is 2.09 bits per heavy atom. The van der Waals surface area contributed by atoms with Crippen molar-refractivity contribution in [3.05, 3.63) is 0 Å². The van der Waals surface area contributed by atoms with Gasteiger partial charge in [0.25, 0.3) is 0 Å². The van der Waals surface area contributed by atoms with Gasteiger partial charge < -0.3 is 10.8 Å². The van der Waals surface area contributed by atoms with Crippen LogP contribution in [0.25, 0.3) is 0 Å². The number of carbonyl (C=O) groups is 1. The molecule has 3 heteroatoms. The highest BCUT2D eigenvalue weighted by molar-refractivity contribution is 5.72. The van der Waals surface area contributed by atoms with Gasteiger partial charge in [0.1, 0.15) is 0 Å². The standard InChI is InChI=1S/C8H13NO2/c9-3-6-4-1-2-5(4)7(6)8(10)11/h4-7H,1-3,9H2,(H,10,11)/t4-,5+,6+,7-/m0/s1. The number of hydrogen-bond donors (Lipinski definition) is 2. The van der Waals surface area contributed by atoms with Crippen molar-refractivity contribution in [1.82, 2.24) is 0 Å². The predicted octanol–water partition coefficient (Wildman–Crippen LogP) is 0.302. The van der Waals surface area contributed by atoms with Crippen LogP contribution in [0.4, 0.5) is 0 Å². The first-order valence-corrected chi connectivity index (χ1v) is 4.18. The van der Waals surface area contributed by atoms with Crippen molar-refractivity contribution in [3.8, 4) is 0 Å². The van der Waals surface area contributed by atoms with Crippen molar-refractivity contribution in [2.24, 2.45) is 29.4 Å². The second kappa shape index (κ2) is 2.21. The van der Waals surface area contributed by atoms with Crippen molar-refractivity contribution in [3.63, 3.8) is 0 Å². The Bertz CT molecular complexity index is 193. The highest BCUT2D eigenvalue weighted by Crippen LogP contribution is 2.57. The number of hydrogen-bond acceptors (Lipinski definition) is 2. The molecule has 2 saturated carbocycles. The predicted molar refractivity (Wildman–Crippen MR) is 39.9 cm³/mol. The van der Waals surface area contributed by atoms with Crippen LogP contribution in [0.5, 0.6) is 0 Å². The lowest BCUT2D eigenvalue weighted by Crippen LogP contribution is -2.58. The molecule has 3 N–H and O–H groups in total. The van der Waals surface area contributed by atoms with Gasteiger partial charge in [-0.05, 0) is 37.1 Å². The van der Waals surface area contributed by atoms with Crippen LogP contribution in [0, 0.1) is 23.7 Å². The minimum Gasteiger partial charge on any atom is -0.481 e. The zero-order valence-electron chi connectivity index (χ0n) is 6.36. The van der Waals surface area contributed by atoms with Crippen molar-refractivity contribution in [2.45, 2.75) is 12.8 Å². The summed E-state index contributed by atoms with van der Waals surface area (Å²) in [6, 6.07) is 0. The fraction of sp³-hybridized carbons (Fsp3) is 0.875. The largest absolute Gasteiger partial charge is 0.481 e. The van der Waals surface area contributed by atoms with E-state index >= 15 is 0 Å². The number of carboxylic acid groups (broad SMARTS) is 1. The van der Waals surface area contributed by atoms with Gasteiger partial charge in [-0.2, -0.15) is 0 Å². The van der Waals surface area contributed by atoms with Crippen LogP contribution in [-0.4, -0.2) is 17.6 Å². The fourth-order valence-electron chi connectivity index (χ4n) is 2.66. The Balaban J connectivity index is 2.04. The van der Waals surface area contributed by atoms with Gasteiger partial charge in [-0.3, -0.25) is 4.79 Å². The summed E-state index contributed by atoms with van der Waals surface area (Å²) >= 11 is 0. The van der Waals surface area contributed by atoms with Crippen LogP contribution < -0.4 is 5.73 Å². The molecule has 0 aliphatic heterocycles. The summed E-state index contributed by atoms with van der Waals surface area (Å²) < 4.78 is 0. The molecular formula is C8H13NO2. The Labute approximate surface area is 65.6 Å². The monoisotopic (exact) mass is 155 g/mol. The molecule has 2 rings (SSSR count). The number of rotatable bonds is 2. The van der Waals surface area contributed by atoms with Gasteiger partial charge >= 0.3 is 5.97 Å². The van der Waals surface area contributed by atoms with E-state index in [4.69, 9.17) is 10.8 Å². The van der Waals surface area contributed by atoms with Crippen LogP contribution in [0.3, 0.4) is 0 Å². The highest BCUT2D eigenvalue weighted by Gasteiger charge is 2.57. The summed E-state index contributed by atoms with van der Waals surface area (Å²) in [5, 5.41) is 8.80. The molecule has 0 heterocycles. The lowest BCUT2D eigenvalue weighted by atomic mass is 9.47. The summed E-state index contributed by atoms with van der Waals surface area (Å²) in [6.07, 6.45) is 2.31. The van der Waals surface area contributed by atoms with Gasteiger partial charge in [-0.15, -0.1) is 0 Å². The third-order valence-electron chi connectivity index (χ3n) is 3.41. The average molecular weight is 155 g/mol. The van der Waals surface area contributed by atoms with E-state index in [-0.39, 0.29) is 11.8 Å². The first-order valence-electron chi connectivity index (χ1n) is 4.18. The molecule has 62 valence electrons. The van der Waals surface area contributed by atoms with Crippen molar-refractivity contribution in [1.29, 1.82) is 0 Å². The van der Waals surface area contributed by atoms with Crippen molar-refractivity contribution >= 4 is 5.97 Å². The van der Waals surface area contributed by atoms with Gasteiger partial charge in [0.05, 0.1) is 5.92 Å². The smallest absolute Gasteiger partial charge is 0.307 e. The molecular weight excluding hydrogens is 142 g/mol. The maximum Gasteiger partial charge on any atom is 0.307 e. The molecule has 3 nitrogen and oxygen atoms in total. The van der Waals surface area contributed by atoms with E-state index in [1.807, 2.05) is 0 Å². The topological polar surface area (TPSA) is 63.3 Å². The van der Waals surface area contributed by atoms with E-state index in [9.17, 15) is 4.79 Å². The molecule has 0 saturated heterocycles. The minimum atomic E-state index is -0.638. The van der Waals surface area contributed by atoms with Crippen LogP contribution in [-0.2, 0) is 4.79 Å². The summed E-state index contributed by atoms with van der Waals surface area (Å²) in [5.74, 6) is 0.661. The maximum absolute atomic E-state index is 10.7. The average Bonchev–Trinajstić information content (AvgIpc) is 1.92. The van der Waals surface area contributed by atoms with Gasteiger partial charge in [0, 0.05) is 0 Å². The van der Waals surface area contributed by atoms with Gasteiger partial charge in [0.2, 0.25) is 0 Å². The van der Waals surface area contributed by atoms with Crippen molar-refractivity contribution in [2.75, 3.05) is 6.54 Å². The molecule has 0 bridgehead atoms. The van der Waals surface area contributed by atoms with Crippen LogP contribution >= 0.6 is 0 Å². The van der Waals surface area contributed by atoms with E-state index in [0.717, 1.165) is 6.42 Å². The first-order chi connectivity index (χ1) is 5.25. The summed E-state index contributed by atoms with van der Waals surface area (Å²) in [7, 11) is 0. The zero-order valence-corrected chi connectivity index (χ0v) is 6.36. The van der Waals surface area contributed by atoms with E-state index < -0.39 is 5.97 Å². The second-order valence-electron chi connectivity index (χ2n) is 3.67. The molecule has 11 heavy (non-hydrogen) atoms. The summed E-state index contributed by atoms with van der Waals surface area (Å²) in [5.41, 5.74) is 5.49. The lowest BCUT2D eigenvalue weighted by molar-refractivity contribution is -0.170. The van der Waals surface area contributed by atoms with E-state index in [2.05, 4.69) is 0 Å². The molecule has 0 aromatic rings. The molecule has 2 aliphatic rings. The van der Waals surface area contributed by atoms with Crippen LogP contribution in [0.2, 0.25) is 0 Å². The van der Waals surface area contributed by atoms with Gasteiger partial charge in [-0.1, -0.05) is 0 Å². The van der Waals surface area contributed by atoms with Crippen LogP contribution in [0.1, 0.15) is 12.8 Å². The Morgan fingerprint density at radius 3 is 2.36 bits per heavy atom. The molecule has 0 spiro atoms. The minimum absolute atomic E-state index is 0.112. The van der Waals surface area contributed by atoms with Crippen LogP contribution in [0.15, 0.2) is 0 Å². The number of fused-ring (bicyclic) bond motifs is 1. The Morgan fingerprint density at radius 1 is 1.45 bits per heavy atom. The van der Waals surface area contributed by atoms with Gasteiger partial charge in [0.15, 0.2) is 0 Å². The zero-order chi connectivity index (χ0) is 8.01. The van der Waals surface area contributed by atoms with E-state index in [0.29, 0.717) is 18.4 Å². The normalized spacial score (nSPS) is 47.0. The molecule has 4 atom stereocenters.